The Bertz CT molecular complexity index is 396. The summed E-state index contributed by atoms with van der Waals surface area (Å²) in [5.41, 5.74) is 3.02. The molecule has 0 spiro atoms. The monoisotopic (exact) mass is 325 g/mol. The molecule has 1 heterocycles. The summed E-state index contributed by atoms with van der Waals surface area (Å²) in [6, 6.07) is 9.55. The molecule has 0 radical (unpaired) electrons. The van der Waals surface area contributed by atoms with Crippen LogP contribution in [0, 0.1) is 0 Å². The quantitative estimate of drug-likeness (QED) is 0.787. The summed E-state index contributed by atoms with van der Waals surface area (Å²) >= 11 is 3.58. The van der Waals surface area contributed by atoms with Crippen molar-refractivity contribution in [3.8, 4) is 0 Å². The summed E-state index contributed by atoms with van der Waals surface area (Å²) in [5.74, 6) is 0. The molecule has 1 aliphatic heterocycles. The van der Waals surface area contributed by atoms with Gasteiger partial charge in [0.25, 0.3) is 0 Å². The van der Waals surface area contributed by atoms with E-state index in [0.29, 0.717) is 6.04 Å². The third-order valence-electron chi connectivity index (χ3n) is 3.73. The zero-order valence-electron chi connectivity index (χ0n) is 12.2. The van der Waals surface area contributed by atoms with Gasteiger partial charge in [-0.15, -0.1) is 0 Å². The first-order valence-corrected chi connectivity index (χ1v) is 8.10. The Hall–Kier alpha value is -0.380. The Balaban J connectivity index is 2.02. The van der Waals surface area contributed by atoms with Crippen molar-refractivity contribution >= 4 is 15.9 Å². The molecule has 1 aromatic rings. The molecule has 0 aliphatic carbocycles. The van der Waals surface area contributed by atoms with Crippen LogP contribution in [0.2, 0.25) is 0 Å². The fraction of sp³-hybridized carbons (Fsp3) is 0.625. The summed E-state index contributed by atoms with van der Waals surface area (Å²) < 4.78 is 5.53. The van der Waals surface area contributed by atoms with Crippen molar-refractivity contribution in [2.45, 2.75) is 38.8 Å². The SMILES string of the molecule is CC(C)(C)c1ccc(CN2CCOCC2CBr)cc1. The second kappa shape index (κ2) is 6.38. The molecule has 1 saturated heterocycles. The van der Waals surface area contributed by atoms with Crippen LogP contribution >= 0.6 is 15.9 Å². The van der Waals surface area contributed by atoms with Crippen molar-refractivity contribution in [2.75, 3.05) is 25.1 Å². The third kappa shape index (κ3) is 4.04. The van der Waals surface area contributed by atoms with Gasteiger partial charge in [0.2, 0.25) is 0 Å². The number of morpholine rings is 1. The number of hydrogen-bond donors (Lipinski definition) is 0. The molecule has 2 rings (SSSR count). The van der Waals surface area contributed by atoms with E-state index in [0.717, 1.165) is 31.6 Å². The highest BCUT2D eigenvalue weighted by molar-refractivity contribution is 9.09. The van der Waals surface area contributed by atoms with Crippen LogP contribution in [-0.2, 0) is 16.7 Å². The van der Waals surface area contributed by atoms with Gasteiger partial charge in [0, 0.05) is 24.5 Å². The molecule has 1 unspecified atom stereocenters. The molecule has 0 aromatic heterocycles. The molecule has 0 amide bonds. The second-order valence-corrected chi connectivity index (χ2v) is 6.95. The van der Waals surface area contributed by atoms with E-state index < -0.39 is 0 Å². The highest BCUT2D eigenvalue weighted by Gasteiger charge is 2.22. The molecule has 0 bridgehead atoms. The molecule has 2 nitrogen and oxygen atoms in total. The van der Waals surface area contributed by atoms with Crippen LogP contribution in [0.5, 0.6) is 0 Å². The van der Waals surface area contributed by atoms with Gasteiger partial charge in [0.05, 0.1) is 13.2 Å². The smallest absolute Gasteiger partial charge is 0.0630 e. The number of nitrogens with zero attached hydrogens (tertiary/aromatic N) is 1. The summed E-state index contributed by atoms with van der Waals surface area (Å²) in [6.07, 6.45) is 0. The molecule has 19 heavy (non-hydrogen) atoms. The van der Waals surface area contributed by atoms with Gasteiger partial charge in [0.15, 0.2) is 0 Å². The molecule has 1 aromatic carbocycles. The fourth-order valence-corrected chi connectivity index (χ4v) is 2.98. The summed E-state index contributed by atoms with van der Waals surface area (Å²) in [6.45, 7) is 10.5. The van der Waals surface area contributed by atoms with Gasteiger partial charge in [-0.1, -0.05) is 61.0 Å². The average Bonchev–Trinajstić information content (AvgIpc) is 2.39. The van der Waals surface area contributed by atoms with Crippen molar-refractivity contribution in [3.63, 3.8) is 0 Å². The Morgan fingerprint density at radius 3 is 2.53 bits per heavy atom. The van der Waals surface area contributed by atoms with Crippen LogP contribution in [0.3, 0.4) is 0 Å². The van der Waals surface area contributed by atoms with Gasteiger partial charge < -0.3 is 4.74 Å². The minimum Gasteiger partial charge on any atom is -0.378 e. The number of ether oxygens (including phenoxy) is 1. The number of alkyl halides is 1. The topological polar surface area (TPSA) is 12.5 Å². The van der Waals surface area contributed by atoms with Crippen LogP contribution in [-0.4, -0.2) is 36.0 Å². The first kappa shape index (κ1) is 15.0. The van der Waals surface area contributed by atoms with Crippen LogP contribution in [0.4, 0.5) is 0 Å². The van der Waals surface area contributed by atoms with E-state index in [2.05, 4.69) is 65.9 Å². The maximum atomic E-state index is 5.53. The lowest BCUT2D eigenvalue weighted by molar-refractivity contribution is -0.00212. The third-order valence-corrected chi connectivity index (χ3v) is 4.48. The predicted molar refractivity (Wildman–Crippen MR) is 84.0 cm³/mol. The van der Waals surface area contributed by atoms with Gasteiger partial charge in [0.1, 0.15) is 0 Å². The van der Waals surface area contributed by atoms with Crippen molar-refractivity contribution in [2.24, 2.45) is 0 Å². The Morgan fingerprint density at radius 2 is 1.95 bits per heavy atom. The maximum Gasteiger partial charge on any atom is 0.0630 e. The molecule has 1 fully saturated rings. The molecule has 1 atom stereocenters. The molecule has 0 N–H and O–H groups in total. The Morgan fingerprint density at radius 1 is 1.26 bits per heavy atom. The van der Waals surface area contributed by atoms with Crippen LogP contribution in [0.15, 0.2) is 24.3 Å². The second-order valence-electron chi connectivity index (χ2n) is 6.30. The molecular weight excluding hydrogens is 302 g/mol. The number of halogens is 1. The highest BCUT2D eigenvalue weighted by Crippen LogP contribution is 2.23. The van der Waals surface area contributed by atoms with E-state index in [1.807, 2.05) is 0 Å². The van der Waals surface area contributed by atoms with Gasteiger partial charge in [-0.2, -0.15) is 0 Å². The van der Waals surface area contributed by atoms with Crippen molar-refractivity contribution in [3.05, 3.63) is 35.4 Å². The standard InChI is InChI=1S/C16H24BrNO/c1-16(2,3)14-6-4-13(5-7-14)11-18-8-9-19-12-15(18)10-17/h4-7,15H,8-12H2,1-3H3. The molecule has 3 heteroatoms. The summed E-state index contributed by atoms with van der Waals surface area (Å²) in [7, 11) is 0. The molecular formula is C16H24BrNO. The Kier molecular flexibility index (Phi) is 5.04. The number of benzene rings is 1. The summed E-state index contributed by atoms with van der Waals surface area (Å²) in [5, 5.41) is 0.979. The zero-order valence-corrected chi connectivity index (χ0v) is 13.7. The van der Waals surface area contributed by atoms with E-state index in [-0.39, 0.29) is 5.41 Å². The maximum absolute atomic E-state index is 5.53. The van der Waals surface area contributed by atoms with E-state index >= 15 is 0 Å². The minimum absolute atomic E-state index is 0.232. The molecule has 0 saturated carbocycles. The van der Waals surface area contributed by atoms with Crippen LogP contribution in [0.25, 0.3) is 0 Å². The predicted octanol–water partition coefficient (Wildman–Crippen LogP) is 3.58. The largest absolute Gasteiger partial charge is 0.378 e. The van der Waals surface area contributed by atoms with Crippen LogP contribution < -0.4 is 0 Å². The van der Waals surface area contributed by atoms with Gasteiger partial charge in [-0.3, -0.25) is 4.90 Å². The molecule has 106 valence electrons. The fourth-order valence-electron chi connectivity index (χ4n) is 2.38. The van der Waals surface area contributed by atoms with Gasteiger partial charge in [-0.25, -0.2) is 0 Å². The Labute approximate surface area is 125 Å². The number of rotatable bonds is 3. The minimum atomic E-state index is 0.232. The first-order valence-electron chi connectivity index (χ1n) is 6.98. The van der Waals surface area contributed by atoms with Crippen LogP contribution in [0.1, 0.15) is 31.9 Å². The molecule has 1 aliphatic rings. The lowest BCUT2D eigenvalue weighted by atomic mass is 9.87. The van der Waals surface area contributed by atoms with Crippen molar-refractivity contribution < 1.29 is 4.74 Å². The van der Waals surface area contributed by atoms with Gasteiger partial charge in [-0.05, 0) is 16.5 Å². The lowest BCUT2D eigenvalue weighted by Gasteiger charge is -2.34. The van der Waals surface area contributed by atoms with Gasteiger partial charge >= 0.3 is 0 Å². The van der Waals surface area contributed by atoms with E-state index in [1.165, 1.54) is 11.1 Å². The van der Waals surface area contributed by atoms with E-state index in [4.69, 9.17) is 4.74 Å². The lowest BCUT2D eigenvalue weighted by Crippen LogP contribution is -2.45. The average molecular weight is 326 g/mol. The van der Waals surface area contributed by atoms with E-state index in [9.17, 15) is 0 Å². The first-order chi connectivity index (χ1) is 9.00. The van der Waals surface area contributed by atoms with Crippen molar-refractivity contribution in [1.82, 2.24) is 4.90 Å². The normalized spacial score (nSPS) is 21.6. The summed E-state index contributed by atoms with van der Waals surface area (Å²) in [4.78, 5) is 2.50. The van der Waals surface area contributed by atoms with E-state index in [1.54, 1.807) is 0 Å². The highest BCUT2D eigenvalue weighted by atomic mass is 79.9. The van der Waals surface area contributed by atoms with Crippen molar-refractivity contribution in [1.29, 1.82) is 0 Å². The number of hydrogen-bond acceptors (Lipinski definition) is 2. The zero-order chi connectivity index (χ0) is 13.9.